The second-order valence-corrected chi connectivity index (χ2v) is 2.59. The molecule has 41 valence electrons. The Morgan fingerprint density at radius 2 is 2.14 bits per heavy atom. The van der Waals surface area contributed by atoms with Crippen LogP contribution in [0.3, 0.4) is 0 Å². The smallest absolute Gasteiger partial charge is 0.0278 e. The summed E-state index contributed by atoms with van der Waals surface area (Å²) in [4.78, 5) is 0. The lowest BCUT2D eigenvalue weighted by molar-refractivity contribution is 1.23. The third-order valence-corrected chi connectivity index (χ3v) is 1.42. The molecule has 0 nitrogen and oxygen atoms in total. The van der Waals surface area contributed by atoms with E-state index in [4.69, 9.17) is 0 Å². The Labute approximate surface area is 47.8 Å². The van der Waals surface area contributed by atoms with Gasteiger partial charge in [-0.2, -0.15) is 0 Å². The minimum Gasteiger partial charge on any atom is -0.0840 e. The van der Waals surface area contributed by atoms with Gasteiger partial charge in [0.1, 0.15) is 0 Å². The molecule has 0 fully saturated rings. The lowest BCUT2D eigenvalue weighted by Gasteiger charge is -1.78. The van der Waals surface area contributed by atoms with Crippen molar-refractivity contribution in [1.29, 1.82) is 0 Å². The van der Waals surface area contributed by atoms with Gasteiger partial charge >= 0.3 is 0 Å². The van der Waals surface area contributed by atoms with Crippen LogP contribution in [0, 0.1) is 0 Å². The quantitative estimate of drug-likeness (QED) is 0.496. The Morgan fingerprint density at radius 3 is 2.57 bits per heavy atom. The molecule has 0 aliphatic carbocycles. The summed E-state index contributed by atoms with van der Waals surface area (Å²) < 4.78 is 0. The van der Waals surface area contributed by atoms with Crippen molar-refractivity contribution >= 4 is 8.58 Å². The van der Waals surface area contributed by atoms with Crippen molar-refractivity contribution in [2.75, 3.05) is 6.16 Å². The molecule has 7 heavy (non-hydrogen) atoms. The molecular formula is C6H12P. The average Bonchev–Trinajstić information content (AvgIpc) is 1.69. The number of rotatable bonds is 3. The molecular weight excluding hydrogens is 103 g/mol. The summed E-state index contributed by atoms with van der Waals surface area (Å²) in [6.07, 6.45) is 4.62. The molecule has 0 amide bonds. The Bertz CT molecular complexity index is 48.1. The van der Waals surface area contributed by atoms with Crippen molar-refractivity contribution < 1.29 is 0 Å². The Morgan fingerprint density at radius 1 is 1.43 bits per heavy atom. The van der Waals surface area contributed by atoms with E-state index in [9.17, 15) is 0 Å². The van der Waals surface area contributed by atoms with Crippen molar-refractivity contribution in [2.24, 2.45) is 0 Å². The van der Waals surface area contributed by atoms with E-state index in [1.165, 1.54) is 21.2 Å². The normalized spacial score (nSPS) is 12.3. The van der Waals surface area contributed by atoms with Gasteiger partial charge in [0, 0.05) is 0 Å². The highest BCUT2D eigenvalue weighted by Gasteiger charge is 1.68. The zero-order valence-corrected chi connectivity index (χ0v) is 5.91. The summed E-state index contributed by atoms with van der Waals surface area (Å²) in [6.45, 7) is 4.34. The Kier molecular flexibility index (Phi) is 6.32. The lowest BCUT2D eigenvalue weighted by atomic mass is 10.5. The molecule has 0 aromatic rings. The van der Waals surface area contributed by atoms with Crippen LogP contribution in [0.25, 0.3) is 0 Å². The highest BCUT2D eigenvalue weighted by molar-refractivity contribution is 7.41. The van der Waals surface area contributed by atoms with Gasteiger partial charge in [-0.3, -0.25) is 0 Å². The zero-order chi connectivity index (χ0) is 5.54. The van der Waals surface area contributed by atoms with Crippen molar-refractivity contribution in [3.05, 3.63) is 11.9 Å². The molecule has 0 saturated heterocycles. The first-order chi connectivity index (χ1) is 3.41. The summed E-state index contributed by atoms with van der Waals surface area (Å²) in [7, 11) is 1.45. The van der Waals surface area contributed by atoms with Crippen LogP contribution in [-0.4, -0.2) is 6.16 Å². The van der Waals surface area contributed by atoms with Gasteiger partial charge in [0.2, 0.25) is 0 Å². The molecule has 0 rings (SSSR count). The third kappa shape index (κ3) is 6.17. The van der Waals surface area contributed by atoms with E-state index in [-0.39, 0.29) is 0 Å². The molecule has 0 heterocycles. The van der Waals surface area contributed by atoms with Crippen LogP contribution in [0.4, 0.5) is 0 Å². The summed E-state index contributed by atoms with van der Waals surface area (Å²) in [5.41, 5.74) is 0. The minimum absolute atomic E-state index is 1.17. The monoisotopic (exact) mass is 115 g/mol. The van der Waals surface area contributed by atoms with Crippen LogP contribution in [0.15, 0.2) is 11.9 Å². The van der Waals surface area contributed by atoms with E-state index in [2.05, 4.69) is 25.7 Å². The average molecular weight is 115 g/mol. The minimum atomic E-state index is 1.17. The van der Waals surface area contributed by atoms with E-state index in [1.807, 2.05) is 0 Å². The van der Waals surface area contributed by atoms with E-state index in [0.717, 1.165) is 0 Å². The fraction of sp³-hybridized carbons (Fsp3) is 0.667. The van der Waals surface area contributed by atoms with Gasteiger partial charge in [0.05, 0.1) is 0 Å². The molecule has 0 aliphatic rings. The maximum absolute atomic E-state index is 2.21. The van der Waals surface area contributed by atoms with Crippen LogP contribution in [0.2, 0.25) is 0 Å². The summed E-state index contributed by atoms with van der Waals surface area (Å²) in [5, 5.41) is 0. The fourth-order valence-electron chi connectivity index (χ4n) is 0.285. The number of allylic oxidation sites excluding steroid dienone is 1. The summed E-state index contributed by atoms with van der Waals surface area (Å²) >= 11 is 0. The van der Waals surface area contributed by atoms with Gasteiger partial charge in [0.15, 0.2) is 0 Å². The Balaban J connectivity index is 2.78. The van der Waals surface area contributed by atoms with Crippen molar-refractivity contribution in [3.8, 4) is 0 Å². The van der Waals surface area contributed by atoms with Crippen molar-refractivity contribution in [1.82, 2.24) is 0 Å². The second-order valence-electron chi connectivity index (χ2n) is 1.29. The second kappa shape index (κ2) is 6.17. The SMILES string of the molecule is CCC=C[P]CC. The molecule has 0 N–H and O–H groups in total. The third-order valence-electron chi connectivity index (χ3n) is 0.629. The van der Waals surface area contributed by atoms with Gasteiger partial charge < -0.3 is 0 Å². The van der Waals surface area contributed by atoms with E-state index >= 15 is 0 Å². The predicted octanol–water partition coefficient (Wildman–Crippen LogP) is 2.88. The van der Waals surface area contributed by atoms with Gasteiger partial charge in [-0.05, 0) is 12.6 Å². The molecule has 1 radical (unpaired) electrons. The van der Waals surface area contributed by atoms with Crippen LogP contribution < -0.4 is 0 Å². The lowest BCUT2D eigenvalue weighted by Crippen LogP contribution is -1.52. The largest absolute Gasteiger partial charge is 0.0840 e. The summed E-state index contributed by atoms with van der Waals surface area (Å²) in [5.74, 6) is 2.21. The van der Waals surface area contributed by atoms with E-state index in [1.54, 1.807) is 0 Å². The van der Waals surface area contributed by atoms with Crippen molar-refractivity contribution in [2.45, 2.75) is 20.3 Å². The topological polar surface area (TPSA) is 0 Å². The van der Waals surface area contributed by atoms with Crippen LogP contribution in [0.5, 0.6) is 0 Å². The molecule has 1 heteroatoms. The molecule has 0 saturated carbocycles. The molecule has 0 aliphatic heterocycles. The zero-order valence-electron chi connectivity index (χ0n) is 5.02. The first-order valence-electron chi connectivity index (χ1n) is 2.73. The standard InChI is InChI=1S/C6H12P/c1-3-5-6-7-4-2/h5-6H,3-4H2,1-2H3. The van der Waals surface area contributed by atoms with Gasteiger partial charge in [-0.25, -0.2) is 0 Å². The van der Waals surface area contributed by atoms with Gasteiger partial charge in [0.25, 0.3) is 0 Å². The molecule has 0 unspecified atom stereocenters. The van der Waals surface area contributed by atoms with Crippen molar-refractivity contribution in [3.63, 3.8) is 0 Å². The molecule has 0 bridgehead atoms. The highest BCUT2D eigenvalue weighted by atomic mass is 31.1. The van der Waals surface area contributed by atoms with Crippen LogP contribution >= 0.6 is 8.58 Å². The summed E-state index contributed by atoms with van der Waals surface area (Å²) in [6, 6.07) is 0. The van der Waals surface area contributed by atoms with Gasteiger partial charge in [-0.15, -0.1) is 0 Å². The number of hydrogen-bond acceptors (Lipinski definition) is 0. The first-order valence-corrected chi connectivity index (χ1v) is 3.88. The molecule has 0 spiro atoms. The van der Waals surface area contributed by atoms with E-state index in [0.29, 0.717) is 0 Å². The maximum atomic E-state index is 2.21. The molecule has 0 aromatic carbocycles. The first kappa shape index (κ1) is 7.17. The highest BCUT2D eigenvalue weighted by Crippen LogP contribution is 2.09. The number of hydrogen-bond donors (Lipinski definition) is 0. The molecule has 0 aromatic heterocycles. The maximum Gasteiger partial charge on any atom is -0.0278 e. The van der Waals surface area contributed by atoms with Gasteiger partial charge in [-0.1, -0.05) is 34.3 Å². The predicted molar refractivity (Wildman–Crippen MR) is 36.9 cm³/mol. The molecule has 0 atom stereocenters. The Hall–Kier alpha value is 0.170. The van der Waals surface area contributed by atoms with Crippen LogP contribution in [-0.2, 0) is 0 Å². The fourth-order valence-corrected chi connectivity index (χ4v) is 0.856. The van der Waals surface area contributed by atoms with E-state index < -0.39 is 0 Å². The van der Waals surface area contributed by atoms with Crippen LogP contribution in [0.1, 0.15) is 20.3 Å².